The molecular weight excluding hydrogens is 352 g/mol. The average Bonchev–Trinajstić information content (AvgIpc) is 2.76. The first-order chi connectivity index (χ1) is 13.8. The third kappa shape index (κ3) is 4.42. The number of amides is 1. The Morgan fingerprint density at radius 2 is 1.96 bits per heavy atom. The van der Waals surface area contributed by atoms with Crippen LogP contribution in [-0.4, -0.2) is 43.4 Å². The summed E-state index contributed by atoms with van der Waals surface area (Å²) in [6, 6.07) is 12.6. The lowest BCUT2D eigenvalue weighted by Crippen LogP contribution is -2.51. The molecule has 2 aliphatic heterocycles. The molecule has 0 bridgehead atoms. The summed E-state index contributed by atoms with van der Waals surface area (Å²) < 4.78 is 11.1. The van der Waals surface area contributed by atoms with E-state index in [1.165, 1.54) is 5.56 Å². The molecule has 1 aromatic heterocycles. The summed E-state index contributed by atoms with van der Waals surface area (Å²) in [5.41, 5.74) is 2.99. The number of hydrogen-bond donors (Lipinski definition) is 1. The summed E-state index contributed by atoms with van der Waals surface area (Å²) in [5.74, 6) is 0.151. The van der Waals surface area contributed by atoms with Gasteiger partial charge < -0.3 is 14.8 Å². The molecular formula is C23H28N2O3. The number of nitrogens with one attached hydrogen (secondary N) is 1. The Morgan fingerprint density at radius 3 is 2.71 bits per heavy atom. The Balaban J connectivity index is 1.54. The van der Waals surface area contributed by atoms with Gasteiger partial charge in [0.05, 0.1) is 18.1 Å². The van der Waals surface area contributed by atoms with Crippen LogP contribution in [0, 0.1) is 5.41 Å². The van der Waals surface area contributed by atoms with Crippen molar-refractivity contribution < 1.29 is 14.3 Å². The van der Waals surface area contributed by atoms with Crippen molar-refractivity contribution in [2.24, 2.45) is 5.41 Å². The minimum absolute atomic E-state index is 0.127. The van der Waals surface area contributed by atoms with Crippen LogP contribution in [0.4, 0.5) is 0 Å². The highest BCUT2D eigenvalue weighted by Gasteiger charge is 2.41. The van der Waals surface area contributed by atoms with E-state index >= 15 is 0 Å². The number of rotatable bonds is 5. The third-order valence-electron chi connectivity index (χ3n) is 5.89. The molecule has 5 nitrogen and oxygen atoms in total. The SMILES string of the molecule is O=C(N[C@H]1CCCOC1)C1(Cc2cccc(-c3cccnc3)c2)CCOCC1. The zero-order valence-corrected chi connectivity index (χ0v) is 16.2. The second-order valence-electron chi connectivity index (χ2n) is 7.90. The summed E-state index contributed by atoms with van der Waals surface area (Å²) in [5, 5.41) is 3.27. The first kappa shape index (κ1) is 19.1. The predicted molar refractivity (Wildman–Crippen MR) is 108 cm³/mol. The van der Waals surface area contributed by atoms with Crippen LogP contribution in [0.2, 0.25) is 0 Å². The van der Waals surface area contributed by atoms with Crippen molar-refractivity contribution >= 4 is 5.91 Å². The second kappa shape index (κ2) is 8.84. The molecule has 148 valence electrons. The van der Waals surface area contributed by atoms with Gasteiger partial charge in [0.2, 0.25) is 5.91 Å². The van der Waals surface area contributed by atoms with Crippen LogP contribution in [0.5, 0.6) is 0 Å². The number of hydrogen-bond acceptors (Lipinski definition) is 4. The molecule has 0 unspecified atom stereocenters. The van der Waals surface area contributed by atoms with Crippen molar-refractivity contribution in [2.45, 2.75) is 38.1 Å². The molecule has 1 N–H and O–H groups in total. The molecule has 2 aliphatic rings. The molecule has 2 aromatic rings. The van der Waals surface area contributed by atoms with Gasteiger partial charge in [-0.25, -0.2) is 0 Å². The quantitative estimate of drug-likeness (QED) is 0.864. The lowest BCUT2D eigenvalue weighted by atomic mass is 9.74. The molecule has 1 atom stereocenters. The molecule has 0 spiro atoms. The lowest BCUT2D eigenvalue weighted by molar-refractivity contribution is -0.138. The van der Waals surface area contributed by atoms with Gasteiger partial charge in [0, 0.05) is 32.2 Å². The Bertz CT molecular complexity index is 781. The summed E-state index contributed by atoms with van der Waals surface area (Å²) >= 11 is 0. The van der Waals surface area contributed by atoms with Crippen molar-refractivity contribution in [3.63, 3.8) is 0 Å². The molecule has 28 heavy (non-hydrogen) atoms. The van der Waals surface area contributed by atoms with Gasteiger partial charge in [-0.2, -0.15) is 0 Å². The lowest BCUT2D eigenvalue weighted by Gasteiger charge is -2.37. The van der Waals surface area contributed by atoms with E-state index in [1.54, 1.807) is 6.20 Å². The first-order valence-electron chi connectivity index (χ1n) is 10.2. The van der Waals surface area contributed by atoms with Crippen LogP contribution >= 0.6 is 0 Å². The monoisotopic (exact) mass is 380 g/mol. The number of pyridine rings is 1. The second-order valence-corrected chi connectivity index (χ2v) is 7.90. The van der Waals surface area contributed by atoms with Crippen molar-refractivity contribution in [2.75, 3.05) is 26.4 Å². The van der Waals surface area contributed by atoms with Gasteiger partial charge in [-0.3, -0.25) is 9.78 Å². The molecule has 5 heteroatoms. The Kier molecular flexibility index (Phi) is 6.03. The first-order valence-corrected chi connectivity index (χ1v) is 10.2. The van der Waals surface area contributed by atoms with E-state index in [0.29, 0.717) is 19.8 Å². The van der Waals surface area contributed by atoms with Crippen molar-refractivity contribution in [1.82, 2.24) is 10.3 Å². The number of carbonyl (C=O) groups is 1. The largest absolute Gasteiger partial charge is 0.381 e. The zero-order chi connectivity index (χ0) is 19.2. The molecule has 1 amide bonds. The molecule has 2 fully saturated rings. The van der Waals surface area contributed by atoms with Crippen LogP contribution in [0.3, 0.4) is 0 Å². The number of aromatic nitrogens is 1. The Hall–Kier alpha value is -2.24. The number of nitrogens with zero attached hydrogens (tertiary/aromatic N) is 1. The molecule has 4 rings (SSSR count). The molecule has 0 saturated carbocycles. The van der Waals surface area contributed by atoms with Gasteiger partial charge in [-0.1, -0.05) is 30.3 Å². The normalized spacial score (nSPS) is 21.8. The standard InChI is InChI=1S/C23H28N2O3/c26-22(25-21-7-3-11-28-17-21)23(8-12-27-13-9-23)15-18-4-1-5-19(14-18)20-6-2-10-24-16-20/h1-2,4-6,10,14,16,21H,3,7-9,11-13,15,17H2,(H,25,26)/t21-/m0/s1. The van der Waals surface area contributed by atoms with E-state index in [1.807, 2.05) is 12.3 Å². The van der Waals surface area contributed by atoms with Gasteiger partial charge in [-0.05, 0) is 54.9 Å². The van der Waals surface area contributed by atoms with Crippen molar-refractivity contribution in [3.05, 3.63) is 54.4 Å². The maximum atomic E-state index is 13.3. The number of benzene rings is 1. The third-order valence-corrected chi connectivity index (χ3v) is 5.89. The molecule has 2 saturated heterocycles. The van der Waals surface area contributed by atoms with Gasteiger partial charge in [0.15, 0.2) is 0 Å². The highest BCUT2D eigenvalue weighted by Crippen LogP contribution is 2.36. The molecule has 0 radical (unpaired) electrons. The average molecular weight is 380 g/mol. The maximum Gasteiger partial charge on any atom is 0.227 e. The highest BCUT2D eigenvalue weighted by molar-refractivity contribution is 5.83. The van der Waals surface area contributed by atoms with Crippen LogP contribution in [-0.2, 0) is 20.7 Å². The van der Waals surface area contributed by atoms with Gasteiger partial charge >= 0.3 is 0 Å². The highest BCUT2D eigenvalue weighted by atomic mass is 16.5. The van der Waals surface area contributed by atoms with Crippen LogP contribution < -0.4 is 5.32 Å². The zero-order valence-electron chi connectivity index (χ0n) is 16.2. The molecule has 1 aromatic carbocycles. The van der Waals surface area contributed by atoms with Crippen molar-refractivity contribution in [3.8, 4) is 11.1 Å². The fourth-order valence-electron chi connectivity index (χ4n) is 4.22. The molecule has 3 heterocycles. The van der Waals surface area contributed by atoms with Crippen LogP contribution in [0.25, 0.3) is 11.1 Å². The maximum absolute atomic E-state index is 13.3. The summed E-state index contributed by atoms with van der Waals surface area (Å²) in [6.07, 6.45) is 7.89. The van der Waals surface area contributed by atoms with E-state index in [2.05, 4.69) is 40.6 Å². The number of carbonyl (C=O) groups excluding carboxylic acids is 1. The summed E-state index contributed by atoms with van der Waals surface area (Å²) in [6.45, 7) is 2.69. The van der Waals surface area contributed by atoms with Crippen LogP contribution in [0.15, 0.2) is 48.8 Å². The van der Waals surface area contributed by atoms with Crippen LogP contribution in [0.1, 0.15) is 31.2 Å². The number of ether oxygens (including phenoxy) is 2. The van der Waals surface area contributed by atoms with Gasteiger partial charge in [0.1, 0.15) is 0 Å². The minimum Gasteiger partial charge on any atom is -0.381 e. The fraction of sp³-hybridized carbons (Fsp3) is 0.478. The molecule has 0 aliphatic carbocycles. The smallest absolute Gasteiger partial charge is 0.227 e. The van der Waals surface area contributed by atoms with E-state index in [4.69, 9.17) is 9.47 Å². The van der Waals surface area contributed by atoms with Crippen molar-refractivity contribution in [1.29, 1.82) is 0 Å². The van der Waals surface area contributed by atoms with Gasteiger partial charge in [0.25, 0.3) is 0 Å². The summed E-state index contributed by atoms with van der Waals surface area (Å²) in [4.78, 5) is 17.5. The van der Waals surface area contributed by atoms with E-state index < -0.39 is 5.41 Å². The van der Waals surface area contributed by atoms with E-state index in [0.717, 1.165) is 49.8 Å². The Morgan fingerprint density at radius 1 is 1.11 bits per heavy atom. The predicted octanol–water partition coefficient (Wildman–Crippen LogP) is 3.38. The fourth-order valence-corrected chi connectivity index (χ4v) is 4.22. The van der Waals surface area contributed by atoms with E-state index in [-0.39, 0.29) is 11.9 Å². The summed E-state index contributed by atoms with van der Waals surface area (Å²) in [7, 11) is 0. The topological polar surface area (TPSA) is 60.5 Å². The minimum atomic E-state index is -0.413. The van der Waals surface area contributed by atoms with Gasteiger partial charge in [-0.15, -0.1) is 0 Å². The van der Waals surface area contributed by atoms with E-state index in [9.17, 15) is 4.79 Å². The Labute approximate surface area is 166 Å².